The van der Waals surface area contributed by atoms with Crippen molar-refractivity contribution in [2.75, 3.05) is 5.32 Å². The molecule has 0 spiro atoms. The first-order valence-corrected chi connectivity index (χ1v) is 9.66. The molecule has 0 saturated carbocycles. The normalized spacial score (nSPS) is 10.6. The molecule has 2 aromatic carbocycles. The quantitative estimate of drug-likeness (QED) is 0.526. The van der Waals surface area contributed by atoms with Crippen molar-refractivity contribution in [1.29, 1.82) is 0 Å². The molecule has 138 valence electrons. The highest BCUT2D eigenvalue weighted by Crippen LogP contribution is 2.27. The Hall–Kier alpha value is -3.38. The molecule has 0 atom stereocenters. The molecule has 0 aliphatic heterocycles. The molecule has 6 heteroatoms. The molecule has 4 aromatic rings. The number of nitrogens with zero attached hydrogens (tertiary/aromatic N) is 3. The Kier molecular flexibility index (Phi) is 5.49. The summed E-state index contributed by atoms with van der Waals surface area (Å²) in [5, 5.41) is 7.39. The van der Waals surface area contributed by atoms with E-state index in [1.54, 1.807) is 28.8 Å². The number of carbonyl (C=O) groups is 1. The summed E-state index contributed by atoms with van der Waals surface area (Å²) in [6.07, 6.45) is 5.64. The summed E-state index contributed by atoms with van der Waals surface area (Å²) in [6, 6.07) is 23.4. The van der Waals surface area contributed by atoms with E-state index < -0.39 is 0 Å². The molecule has 0 aliphatic rings. The van der Waals surface area contributed by atoms with Crippen LogP contribution in [0.4, 0.5) is 5.69 Å². The van der Waals surface area contributed by atoms with E-state index in [4.69, 9.17) is 0 Å². The second-order valence-electron chi connectivity index (χ2n) is 6.12. The molecule has 0 saturated heterocycles. The average Bonchev–Trinajstić information content (AvgIpc) is 3.19. The number of para-hydroxylation sites is 1. The van der Waals surface area contributed by atoms with Gasteiger partial charge in [0, 0.05) is 34.1 Å². The lowest BCUT2D eigenvalue weighted by Gasteiger charge is -2.06. The molecule has 0 radical (unpaired) electrons. The summed E-state index contributed by atoms with van der Waals surface area (Å²) >= 11 is 1.65. The number of hydrogen-bond donors (Lipinski definition) is 1. The van der Waals surface area contributed by atoms with Crippen LogP contribution < -0.4 is 5.32 Å². The first-order valence-electron chi connectivity index (χ1n) is 8.84. The molecule has 0 bridgehead atoms. The Morgan fingerprint density at radius 1 is 0.893 bits per heavy atom. The van der Waals surface area contributed by atoms with Crippen LogP contribution in [0.2, 0.25) is 0 Å². The highest BCUT2D eigenvalue weighted by molar-refractivity contribution is 7.99. The zero-order valence-electron chi connectivity index (χ0n) is 15.0. The second-order valence-corrected chi connectivity index (χ2v) is 7.27. The third kappa shape index (κ3) is 4.66. The lowest BCUT2D eigenvalue weighted by molar-refractivity contribution is -0.115. The molecule has 2 aromatic heterocycles. The number of hydrogen-bond acceptors (Lipinski definition) is 4. The van der Waals surface area contributed by atoms with Crippen LogP contribution in [0.5, 0.6) is 0 Å². The number of carbonyl (C=O) groups excluding carboxylic acids is 1. The first kappa shape index (κ1) is 18.0. The Balaban J connectivity index is 1.34. The molecule has 0 aliphatic carbocycles. The lowest BCUT2D eigenvalue weighted by Crippen LogP contribution is -2.14. The monoisotopic (exact) mass is 386 g/mol. The van der Waals surface area contributed by atoms with Gasteiger partial charge in [0.25, 0.3) is 0 Å². The summed E-state index contributed by atoms with van der Waals surface area (Å²) in [5.74, 6) is -0.0900. The maximum absolute atomic E-state index is 12.3. The first-order chi connectivity index (χ1) is 13.8. The number of rotatable bonds is 6. The summed E-state index contributed by atoms with van der Waals surface area (Å²) in [4.78, 5) is 18.6. The van der Waals surface area contributed by atoms with Gasteiger partial charge in [-0.05, 0) is 54.6 Å². The van der Waals surface area contributed by atoms with Gasteiger partial charge in [-0.1, -0.05) is 30.0 Å². The largest absolute Gasteiger partial charge is 0.326 e. The summed E-state index contributed by atoms with van der Waals surface area (Å²) in [5.41, 5.74) is 2.47. The Morgan fingerprint density at radius 2 is 1.61 bits per heavy atom. The fraction of sp³-hybridized carbons (Fsp3) is 0.0455. The number of anilines is 1. The van der Waals surface area contributed by atoms with E-state index >= 15 is 0 Å². The van der Waals surface area contributed by atoms with Crippen molar-refractivity contribution >= 4 is 23.4 Å². The predicted octanol–water partition coefficient (Wildman–Crippen LogP) is 4.60. The summed E-state index contributed by atoms with van der Waals surface area (Å²) in [7, 11) is 0. The molecular formula is C22H18N4OS. The van der Waals surface area contributed by atoms with Crippen molar-refractivity contribution in [3.05, 3.63) is 97.1 Å². The van der Waals surface area contributed by atoms with Crippen molar-refractivity contribution in [2.24, 2.45) is 0 Å². The summed E-state index contributed by atoms with van der Waals surface area (Å²) in [6.45, 7) is 0. The van der Waals surface area contributed by atoms with E-state index in [1.165, 1.54) is 0 Å². The number of aromatic nitrogens is 3. The van der Waals surface area contributed by atoms with Crippen LogP contribution in [0, 0.1) is 0 Å². The number of nitrogens with one attached hydrogen (secondary N) is 1. The maximum atomic E-state index is 12.3. The van der Waals surface area contributed by atoms with Crippen molar-refractivity contribution in [3.8, 4) is 5.69 Å². The van der Waals surface area contributed by atoms with Gasteiger partial charge in [0.2, 0.25) is 5.91 Å². The molecule has 2 heterocycles. The van der Waals surface area contributed by atoms with Gasteiger partial charge in [-0.2, -0.15) is 5.10 Å². The van der Waals surface area contributed by atoms with Gasteiger partial charge in [-0.3, -0.25) is 9.78 Å². The second kappa shape index (κ2) is 8.54. The van der Waals surface area contributed by atoms with Crippen LogP contribution in [-0.2, 0) is 11.2 Å². The van der Waals surface area contributed by atoms with E-state index in [0.717, 1.165) is 26.9 Å². The minimum Gasteiger partial charge on any atom is -0.326 e. The molecule has 1 amide bonds. The van der Waals surface area contributed by atoms with E-state index in [0.29, 0.717) is 0 Å². The van der Waals surface area contributed by atoms with Crippen LogP contribution in [0.1, 0.15) is 5.69 Å². The SMILES string of the molecule is O=C(Cc1ccn(-c2ccccc2)n1)Nc1ccc(Sc2ccncc2)cc1. The Bertz CT molecular complexity index is 1050. The van der Waals surface area contributed by atoms with Crippen molar-refractivity contribution in [1.82, 2.24) is 14.8 Å². The van der Waals surface area contributed by atoms with Gasteiger partial charge >= 0.3 is 0 Å². The van der Waals surface area contributed by atoms with Gasteiger partial charge in [0.05, 0.1) is 17.8 Å². The molecule has 1 N–H and O–H groups in total. The van der Waals surface area contributed by atoms with Crippen molar-refractivity contribution < 1.29 is 4.79 Å². The molecule has 4 rings (SSSR count). The third-order valence-corrected chi connectivity index (χ3v) is 5.05. The van der Waals surface area contributed by atoms with Gasteiger partial charge in [-0.15, -0.1) is 0 Å². The van der Waals surface area contributed by atoms with Gasteiger partial charge in [-0.25, -0.2) is 4.68 Å². The van der Waals surface area contributed by atoms with Crippen molar-refractivity contribution in [3.63, 3.8) is 0 Å². The minimum atomic E-state index is -0.0900. The maximum Gasteiger partial charge on any atom is 0.230 e. The van der Waals surface area contributed by atoms with Crippen LogP contribution in [0.25, 0.3) is 5.69 Å². The predicted molar refractivity (Wildman–Crippen MR) is 111 cm³/mol. The fourth-order valence-electron chi connectivity index (χ4n) is 2.70. The van der Waals surface area contributed by atoms with E-state index in [2.05, 4.69) is 15.4 Å². The third-order valence-electron chi connectivity index (χ3n) is 4.03. The van der Waals surface area contributed by atoms with E-state index in [9.17, 15) is 4.79 Å². The topological polar surface area (TPSA) is 59.8 Å². The van der Waals surface area contributed by atoms with Crippen LogP contribution in [0.3, 0.4) is 0 Å². The number of pyridine rings is 1. The smallest absolute Gasteiger partial charge is 0.230 e. The van der Waals surface area contributed by atoms with Gasteiger partial charge < -0.3 is 5.32 Å². The lowest BCUT2D eigenvalue weighted by atomic mass is 10.2. The van der Waals surface area contributed by atoms with Crippen LogP contribution in [0.15, 0.2) is 101 Å². The summed E-state index contributed by atoms with van der Waals surface area (Å²) < 4.78 is 1.77. The van der Waals surface area contributed by atoms with Crippen LogP contribution >= 0.6 is 11.8 Å². The number of amides is 1. The zero-order chi connectivity index (χ0) is 19.2. The Labute approximate surface area is 167 Å². The molecule has 5 nitrogen and oxygen atoms in total. The highest BCUT2D eigenvalue weighted by Gasteiger charge is 2.08. The molecule has 0 unspecified atom stereocenters. The standard InChI is InChI=1S/C22H18N4OS/c27-22(16-18-12-15-26(25-18)19-4-2-1-3-5-19)24-17-6-8-20(9-7-17)28-21-10-13-23-14-11-21/h1-15H,16H2,(H,24,27). The Morgan fingerprint density at radius 3 is 2.36 bits per heavy atom. The van der Waals surface area contributed by atoms with E-state index in [1.807, 2.05) is 79.0 Å². The zero-order valence-corrected chi connectivity index (χ0v) is 15.8. The molecular weight excluding hydrogens is 368 g/mol. The number of benzene rings is 2. The molecule has 0 fully saturated rings. The average molecular weight is 386 g/mol. The van der Waals surface area contributed by atoms with Crippen LogP contribution in [-0.4, -0.2) is 20.7 Å². The highest BCUT2D eigenvalue weighted by atomic mass is 32.2. The minimum absolute atomic E-state index is 0.0900. The fourth-order valence-corrected chi connectivity index (χ4v) is 3.50. The molecule has 28 heavy (non-hydrogen) atoms. The van der Waals surface area contributed by atoms with Gasteiger partial charge in [0.15, 0.2) is 0 Å². The van der Waals surface area contributed by atoms with Crippen molar-refractivity contribution in [2.45, 2.75) is 16.2 Å². The van der Waals surface area contributed by atoms with E-state index in [-0.39, 0.29) is 12.3 Å². The van der Waals surface area contributed by atoms with Gasteiger partial charge in [0.1, 0.15) is 0 Å².